The van der Waals surface area contributed by atoms with Crippen LogP contribution in [0, 0.1) is 27.7 Å². The third-order valence-electron chi connectivity index (χ3n) is 9.97. The molecule has 0 spiro atoms. The van der Waals surface area contributed by atoms with Crippen LogP contribution in [0.3, 0.4) is 0 Å². The summed E-state index contributed by atoms with van der Waals surface area (Å²) in [5, 5.41) is 0. The van der Waals surface area contributed by atoms with E-state index in [1.165, 1.54) is 68.1 Å². The number of hydrogen-bond acceptors (Lipinski definition) is 0. The van der Waals surface area contributed by atoms with Crippen molar-refractivity contribution >= 4 is 18.4 Å². The summed E-state index contributed by atoms with van der Waals surface area (Å²) in [6, 6.07) is 29.7. The van der Waals surface area contributed by atoms with Gasteiger partial charge >= 0.3 is 251 Å². The molecule has 0 heterocycles. The average molecular weight is 719 g/mol. The second-order valence-corrected chi connectivity index (χ2v) is 58.2. The van der Waals surface area contributed by atoms with Crippen molar-refractivity contribution in [1.29, 1.82) is 0 Å². The van der Waals surface area contributed by atoms with Crippen LogP contribution in [-0.4, -0.2) is 6.22 Å². The molecule has 4 aromatic carbocycles. The Kier molecular flexibility index (Phi) is 7.40. The predicted molar refractivity (Wildman–Crippen MR) is 180 cm³/mol. The first-order valence-corrected chi connectivity index (χ1v) is 34.4. The zero-order valence-electron chi connectivity index (χ0n) is 25.9. The number of benzene rings is 4. The van der Waals surface area contributed by atoms with Gasteiger partial charge in [0.2, 0.25) is 0 Å². The summed E-state index contributed by atoms with van der Waals surface area (Å²) < 4.78 is 6.84. The van der Waals surface area contributed by atoms with Crippen molar-refractivity contribution in [2.45, 2.75) is 63.8 Å². The zero-order valence-corrected chi connectivity index (χ0v) is 30.6. The van der Waals surface area contributed by atoms with Crippen molar-refractivity contribution in [3.63, 3.8) is 0 Å². The minimum atomic E-state index is -3.64. The van der Waals surface area contributed by atoms with E-state index in [0.717, 1.165) is 0 Å². The molecular weight excluding hydrogens is 675 g/mol. The van der Waals surface area contributed by atoms with E-state index < -0.39 is 17.1 Å². The van der Waals surface area contributed by atoms with Crippen LogP contribution in [0.25, 0.3) is 34.4 Å². The quantitative estimate of drug-likeness (QED) is 0.174. The average Bonchev–Trinajstić information content (AvgIpc) is 3.57. The number of hydrogen-bond donors (Lipinski definition) is 0. The molecule has 0 saturated carbocycles. The van der Waals surface area contributed by atoms with Gasteiger partial charge in [-0.05, 0) is 0 Å². The van der Waals surface area contributed by atoms with Crippen LogP contribution in [0.1, 0.15) is 65.2 Å². The first-order valence-electron chi connectivity index (χ1n) is 15.4. The van der Waals surface area contributed by atoms with Gasteiger partial charge in [0.25, 0.3) is 0 Å². The monoisotopic (exact) mass is 720 g/mol. The van der Waals surface area contributed by atoms with Gasteiger partial charge in [0.15, 0.2) is 0 Å². The second kappa shape index (κ2) is 10.6. The second-order valence-electron chi connectivity index (χ2n) is 13.8. The van der Waals surface area contributed by atoms with E-state index in [2.05, 4.69) is 141 Å². The van der Waals surface area contributed by atoms with Gasteiger partial charge in [0, 0.05) is 0 Å². The Hall–Kier alpha value is -2.55. The molecule has 6 rings (SSSR count). The molecule has 0 aliphatic heterocycles. The van der Waals surface area contributed by atoms with Crippen LogP contribution in [0.5, 0.6) is 0 Å². The third-order valence-corrected chi connectivity index (χ3v) is 52.7. The van der Waals surface area contributed by atoms with Gasteiger partial charge in [0.1, 0.15) is 0 Å². The minimum absolute atomic E-state index is 0.396. The Morgan fingerprint density at radius 1 is 0.610 bits per heavy atom. The maximum absolute atomic E-state index is 3.64. The number of fused-ring (bicyclic) bond motifs is 2. The molecule has 0 nitrogen and oxygen atoms in total. The van der Waals surface area contributed by atoms with E-state index >= 15 is 0 Å². The van der Waals surface area contributed by atoms with Crippen LogP contribution in [0.2, 0.25) is 15.4 Å². The molecule has 2 aliphatic carbocycles. The van der Waals surface area contributed by atoms with Gasteiger partial charge in [-0.15, -0.1) is 0 Å². The molecule has 0 saturated heterocycles. The molecule has 0 bridgehead atoms. The predicted octanol–water partition coefficient (Wildman–Crippen LogP) is 11.1. The van der Waals surface area contributed by atoms with E-state index in [1.54, 1.807) is 11.1 Å². The molecule has 2 atom stereocenters. The van der Waals surface area contributed by atoms with Crippen LogP contribution in [0.15, 0.2) is 84.9 Å². The van der Waals surface area contributed by atoms with Gasteiger partial charge in [-0.2, -0.15) is 0 Å². The topological polar surface area (TPSA) is 0 Å². The normalized spacial score (nSPS) is 17.6. The number of aryl methyl sites for hydroxylation is 4. The van der Waals surface area contributed by atoms with Gasteiger partial charge in [0.05, 0.1) is 0 Å². The number of rotatable bonds is 6. The van der Waals surface area contributed by atoms with Crippen molar-refractivity contribution in [1.82, 2.24) is 0 Å². The first kappa shape index (κ1) is 28.6. The van der Waals surface area contributed by atoms with Crippen LogP contribution in [-0.2, 0) is 17.1 Å². The summed E-state index contributed by atoms with van der Waals surface area (Å²) in [5.41, 5.74) is 17.0. The van der Waals surface area contributed by atoms with Gasteiger partial charge in [-0.1, -0.05) is 0 Å². The fourth-order valence-corrected chi connectivity index (χ4v) is 48.2. The third kappa shape index (κ3) is 4.95. The van der Waals surface area contributed by atoms with E-state index in [1.807, 2.05) is 0 Å². The molecule has 0 N–H and O–H groups in total. The summed E-state index contributed by atoms with van der Waals surface area (Å²) in [7, 11) is 0. The molecule has 0 radical (unpaired) electrons. The fraction of sp³-hybridized carbons (Fsp3) is 0.282. The Bertz CT molecular complexity index is 1650. The van der Waals surface area contributed by atoms with E-state index in [0.29, 0.717) is 13.6 Å². The van der Waals surface area contributed by atoms with Crippen molar-refractivity contribution in [3.8, 4) is 22.3 Å². The van der Waals surface area contributed by atoms with E-state index in [4.69, 9.17) is 0 Å². The molecule has 0 fully saturated rings. The van der Waals surface area contributed by atoms with Gasteiger partial charge < -0.3 is 0 Å². The fourth-order valence-electron chi connectivity index (χ4n) is 8.07. The summed E-state index contributed by atoms with van der Waals surface area (Å²) >= 11 is -3.64. The summed E-state index contributed by atoms with van der Waals surface area (Å²) in [6.07, 6.45) is 12.0. The Morgan fingerprint density at radius 2 is 1.02 bits per heavy atom. The number of allylic oxidation sites excluding steroid dienone is 2. The van der Waals surface area contributed by atoms with Crippen molar-refractivity contribution in [2.24, 2.45) is 0 Å². The zero-order chi connectivity index (χ0) is 29.0. The molecule has 4 aromatic rings. The molecule has 2 unspecified atom stereocenters. The maximum atomic E-state index is 2.84. The van der Waals surface area contributed by atoms with Gasteiger partial charge in [-0.3, -0.25) is 0 Å². The Balaban J connectivity index is 1.51. The van der Waals surface area contributed by atoms with Crippen molar-refractivity contribution in [3.05, 3.63) is 129 Å². The summed E-state index contributed by atoms with van der Waals surface area (Å²) in [6.45, 7) is 11.3. The molecule has 2 heteroatoms. The Morgan fingerprint density at radius 3 is 1.41 bits per heavy atom. The van der Waals surface area contributed by atoms with Crippen LogP contribution in [0.4, 0.5) is 0 Å². The summed E-state index contributed by atoms with van der Waals surface area (Å²) in [5.74, 6) is 0. The molecule has 0 aromatic heterocycles. The molecule has 2 aliphatic rings. The first-order chi connectivity index (χ1) is 19.6. The Labute approximate surface area is 249 Å². The summed E-state index contributed by atoms with van der Waals surface area (Å²) in [4.78, 5) is 0. The molecular formula is C39H44HfSi. The molecule has 41 heavy (non-hydrogen) atoms. The van der Waals surface area contributed by atoms with Crippen LogP contribution < -0.4 is 0 Å². The van der Waals surface area contributed by atoms with E-state index in [9.17, 15) is 0 Å². The molecule has 208 valence electrons. The van der Waals surface area contributed by atoms with Crippen molar-refractivity contribution < 1.29 is 17.1 Å². The SMILES string of the molecule is CCC[SiH]=[Hf]([CH3])([CH3])([CH]1C=Cc2c(-c3cc(C)cc(C)c3)cccc21)[CH]1C=Cc2c(-c3cc(C)cc(C)c3)cccc21. The van der Waals surface area contributed by atoms with Gasteiger partial charge in [-0.25, -0.2) is 0 Å². The molecule has 0 amide bonds. The van der Waals surface area contributed by atoms with E-state index in [-0.39, 0.29) is 0 Å². The van der Waals surface area contributed by atoms with Crippen LogP contribution >= 0.6 is 0 Å². The standard InChI is InChI=1S/2C17H15.C3H8Si.2CH3.Hf/c2*1-12-9-13(2)11-15(10-12)17-8-4-6-14-5-3-7-16(14)17;1-2-3-4;;;/h2*3-11H,1-2H3;4H,2-3H2,1H3;2*1H3;. The van der Waals surface area contributed by atoms with Crippen molar-refractivity contribution in [2.75, 3.05) is 0 Å².